The van der Waals surface area contributed by atoms with E-state index in [2.05, 4.69) is 26.6 Å². The number of carbonyl (C=O) groups is 1. The van der Waals surface area contributed by atoms with Gasteiger partial charge in [-0.25, -0.2) is 4.98 Å². The van der Waals surface area contributed by atoms with Gasteiger partial charge in [0, 0.05) is 11.1 Å². The van der Waals surface area contributed by atoms with Gasteiger partial charge < -0.3 is 9.73 Å². The summed E-state index contributed by atoms with van der Waals surface area (Å²) in [6, 6.07) is 15.6. The molecule has 2 aromatic heterocycles. The van der Waals surface area contributed by atoms with Gasteiger partial charge >= 0.3 is 0 Å². The molecule has 0 aliphatic rings. The first-order valence-electron chi connectivity index (χ1n) is 9.80. The molecule has 0 aliphatic carbocycles. The zero-order chi connectivity index (χ0) is 21.8. The van der Waals surface area contributed by atoms with E-state index in [4.69, 9.17) is 4.42 Å². The second-order valence-electron chi connectivity index (χ2n) is 7.27. The highest BCUT2D eigenvalue weighted by atomic mass is 32.2. The zero-order valence-corrected chi connectivity index (χ0v) is 19.1. The number of hydrogen-bond donors (Lipinski definition) is 1. The molecule has 31 heavy (non-hydrogen) atoms. The summed E-state index contributed by atoms with van der Waals surface area (Å²) in [6.45, 7) is 5.98. The van der Waals surface area contributed by atoms with Crippen LogP contribution in [0, 0.1) is 20.8 Å². The highest BCUT2D eigenvalue weighted by molar-refractivity contribution is 8.00. The molecule has 1 amide bonds. The smallest absolute Gasteiger partial charge is 0.277 e. The third-order valence-electron chi connectivity index (χ3n) is 4.50. The van der Waals surface area contributed by atoms with Crippen LogP contribution in [0.2, 0.25) is 0 Å². The summed E-state index contributed by atoms with van der Waals surface area (Å²) in [7, 11) is 0. The zero-order valence-electron chi connectivity index (χ0n) is 17.5. The van der Waals surface area contributed by atoms with Crippen LogP contribution in [0.5, 0.6) is 0 Å². The van der Waals surface area contributed by atoms with Crippen molar-refractivity contribution in [1.29, 1.82) is 0 Å². The number of aromatic nitrogens is 3. The predicted octanol–water partition coefficient (Wildman–Crippen LogP) is 5.51. The average Bonchev–Trinajstić information content (AvgIpc) is 3.34. The number of benzene rings is 2. The normalized spacial score (nSPS) is 12.0. The van der Waals surface area contributed by atoms with E-state index in [9.17, 15) is 4.79 Å². The maximum atomic E-state index is 13.2. The van der Waals surface area contributed by atoms with Crippen molar-refractivity contribution in [2.45, 2.75) is 37.7 Å². The Balaban J connectivity index is 1.54. The largest absolute Gasteiger partial charge is 0.416 e. The fourth-order valence-electron chi connectivity index (χ4n) is 3.26. The number of nitrogens with one attached hydrogen (secondary N) is 1. The number of amides is 1. The van der Waals surface area contributed by atoms with Gasteiger partial charge in [-0.1, -0.05) is 36.4 Å². The lowest BCUT2D eigenvalue weighted by molar-refractivity contribution is -0.115. The predicted molar refractivity (Wildman–Crippen MR) is 124 cm³/mol. The minimum Gasteiger partial charge on any atom is -0.416 e. The lowest BCUT2D eigenvalue weighted by atomic mass is 10.1. The van der Waals surface area contributed by atoms with Crippen LogP contribution in [0.4, 0.5) is 5.69 Å². The van der Waals surface area contributed by atoms with E-state index in [0.29, 0.717) is 17.5 Å². The molecule has 0 saturated carbocycles. The van der Waals surface area contributed by atoms with Crippen LogP contribution in [-0.2, 0) is 11.2 Å². The van der Waals surface area contributed by atoms with Crippen molar-refractivity contribution in [3.05, 3.63) is 87.2 Å². The number of thioether (sulfide) groups is 1. The Kier molecular flexibility index (Phi) is 6.48. The van der Waals surface area contributed by atoms with E-state index in [-0.39, 0.29) is 5.91 Å². The quantitative estimate of drug-likeness (QED) is 0.374. The summed E-state index contributed by atoms with van der Waals surface area (Å²) in [6.07, 6.45) is 0.475. The van der Waals surface area contributed by atoms with Crippen LogP contribution in [0.3, 0.4) is 0 Å². The van der Waals surface area contributed by atoms with Crippen molar-refractivity contribution >= 4 is 34.7 Å². The maximum absolute atomic E-state index is 13.2. The first-order valence-corrected chi connectivity index (χ1v) is 11.6. The van der Waals surface area contributed by atoms with Gasteiger partial charge in [-0.15, -0.1) is 21.5 Å². The number of aryl methyl sites for hydroxylation is 3. The SMILES string of the molecule is Cc1cc(C)cc(NC(=O)[C@H](Sc2nnc(Cc3csc(C)n3)o2)c2ccccc2)c1. The Labute approximate surface area is 189 Å². The number of carbonyl (C=O) groups excluding carboxylic acids is 1. The summed E-state index contributed by atoms with van der Waals surface area (Å²) in [4.78, 5) is 17.6. The van der Waals surface area contributed by atoms with Gasteiger partial charge in [0.15, 0.2) is 0 Å². The number of nitrogens with zero attached hydrogens (tertiary/aromatic N) is 3. The molecule has 158 valence electrons. The van der Waals surface area contributed by atoms with Crippen LogP contribution < -0.4 is 5.32 Å². The number of rotatable bonds is 7. The van der Waals surface area contributed by atoms with Crippen molar-refractivity contribution < 1.29 is 9.21 Å². The second kappa shape index (κ2) is 9.45. The molecular weight excluding hydrogens is 428 g/mol. The summed E-state index contributed by atoms with van der Waals surface area (Å²) < 4.78 is 5.81. The Hall–Kier alpha value is -2.97. The summed E-state index contributed by atoms with van der Waals surface area (Å²) in [5.74, 6) is 0.338. The van der Waals surface area contributed by atoms with Crippen molar-refractivity contribution in [2.24, 2.45) is 0 Å². The van der Waals surface area contributed by atoms with Gasteiger partial charge in [-0.05, 0) is 61.4 Å². The standard InChI is InChI=1S/C23H22N4O2S2/c1-14-9-15(2)11-18(10-14)25-22(28)21(17-7-5-4-6-8-17)31-23-27-26-20(29-23)12-19-13-30-16(3)24-19/h4-11,13,21H,12H2,1-3H3,(H,25,28)/t21-/m1/s1. The minimum absolute atomic E-state index is 0.143. The van der Waals surface area contributed by atoms with Crippen molar-refractivity contribution in [2.75, 3.05) is 5.32 Å². The first-order chi connectivity index (χ1) is 15.0. The highest BCUT2D eigenvalue weighted by Crippen LogP contribution is 2.36. The summed E-state index contributed by atoms with van der Waals surface area (Å²) in [5, 5.41) is 14.1. The molecule has 1 atom stereocenters. The number of anilines is 1. The van der Waals surface area contributed by atoms with Crippen LogP contribution >= 0.6 is 23.1 Å². The molecule has 6 nitrogen and oxygen atoms in total. The molecule has 4 rings (SSSR count). The lowest BCUT2D eigenvalue weighted by Gasteiger charge is -2.16. The molecule has 0 fully saturated rings. The third-order valence-corrected chi connectivity index (χ3v) is 6.41. The van der Waals surface area contributed by atoms with E-state index in [1.807, 2.05) is 68.6 Å². The van der Waals surface area contributed by atoms with Crippen molar-refractivity contribution in [3.63, 3.8) is 0 Å². The Morgan fingerprint density at radius 2 is 1.84 bits per heavy atom. The molecule has 2 aromatic carbocycles. The second-order valence-corrected chi connectivity index (χ2v) is 9.39. The van der Waals surface area contributed by atoms with Gasteiger partial charge in [0.2, 0.25) is 11.8 Å². The van der Waals surface area contributed by atoms with E-state index in [0.717, 1.165) is 33.1 Å². The molecule has 4 aromatic rings. The van der Waals surface area contributed by atoms with Gasteiger partial charge in [-0.2, -0.15) is 0 Å². The van der Waals surface area contributed by atoms with Gasteiger partial charge in [0.25, 0.3) is 5.22 Å². The molecule has 0 bridgehead atoms. The third kappa shape index (κ3) is 5.59. The summed E-state index contributed by atoms with van der Waals surface area (Å²) in [5.41, 5.74) is 4.73. The van der Waals surface area contributed by atoms with Crippen LogP contribution in [0.1, 0.15) is 38.5 Å². The average molecular weight is 451 g/mol. The maximum Gasteiger partial charge on any atom is 0.277 e. The molecule has 0 spiro atoms. The number of hydrogen-bond acceptors (Lipinski definition) is 7. The van der Waals surface area contributed by atoms with Crippen molar-refractivity contribution in [1.82, 2.24) is 15.2 Å². The Morgan fingerprint density at radius 1 is 1.10 bits per heavy atom. The van der Waals surface area contributed by atoms with Gasteiger partial charge in [0.1, 0.15) is 5.25 Å². The van der Waals surface area contributed by atoms with E-state index >= 15 is 0 Å². The fraction of sp³-hybridized carbons (Fsp3) is 0.217. The van der Waals surface area contributed by atoms with E-state index in [1.165, 1.54) is 11.8 Å². The lowest BCUT2D eigenvalue weighted by Crippen LogP contribution is -2.19. The molecule has 8 heteroatoms. The molecule has 1 N–H and O–H groups in total. The molecular formula is C23H22N4O2S2. The molecule has 0 unspecified atom stereocenters. The molecule has 0 saturated heterocycles. The monoisotopic (exact) mass is 450 g/mol. The fourth-order valence-corrected chi connectivity index (χ4v) is 4.76. The van der Waals surface area contributed by atoms with E-state index in [1.54, 1.807) is 11.3 Å². The molecule has 0 aliphatic heterocycles. The Bertz CT molecular complexity index is 1170. The topological polar surface area (TPSA) is 80.9 Å². The van der Waals surface area contributed by atoms with Gasteiger partial charge in [0.05, 0.1) is 17.1 Å². The van der Waals surface area contributed by atoms with Crippen LogP contribution in [0.25, 0.3) is 0 Å². The minimum atomic E-state index is -0.531. The van der Waals surface area contributed by atoms with Crippen LogP contribution in [0.15, 0.2) is 63.6 Å². The van der Waals surface area contributed by atoms with Crippen molar-refractivity contribution in [3.8, 4) is 0 Å². The summed E-state index contributed by atoms with van der Waals surface area (Å²) >= 11 is 2.83. The first kappa shape index (κ1) is 21.3. The van der Waals surface area contributed by atoms with Gasteiger partial charge in [-0.3, -0.25) is 4.79 Å². The van der Waals surface area contributed by atoms with E-state index < -0.39 is 5.25 Å². The number of thiazole rings is 1. The van der Waals surface area contributed by atoms with Crippen LogP contribution in [-0.4, -0.2) is 21.1 Å². The molecule has 2 heterocycles. The Morgan fingerprint density at radius 3 is 2.52 bits per heavy atom. The highest BCUT2D eigenvalue weighted by Gasteiger charge is 2.25. The molecule has 0 radical (unpaired) electrons.